The van der Waals surface area contributed by atoms with Crippen molar-refractivity contribution in [1.82, 2.24) is 10.3 Å². The van der Waals surface area contributed by atoms with Crippen molar-refractivity contribution < 1.29 is 4.79 Å². The topological polar surface area (TPSA) is 45.2 Å². The van der Waals surface area contributed by atoms with E-state index in [1.165, 1.54) is 25.7 Å². The number of aromatic nitrogens is 1. The predicted octanol–water partition coefficient (Wildman–Crippen LogP) is 2.81. The maximum atomic E-state index is 12.2. The number of hydrogen-bond acceptors (Lipinski definition) is 4. The van der Waals surface area contributed by atoms with Crippen LogP contribution in [0.4, 0.5) is 5.13 Å². The van der Waals surface area contributed by atoms with Crippen LogP contribution in [0.5, 0.6) is 0 Å². The lowest BCUT2D eigenvalue weighted by Gasteiger charge is -2.26. The van der Waals surface area contributed by atoms with Gasteiger partial charge in [0.2, 0.25) is 5.91 Å². The molecule has 0 radical (unpaired) electrons. The number of hydrogen-bond donors (Lipinski definition) is 1. The Hall–Kier alpha value is -1.10. The van der Waals surface area contributed by atoms with Gasteiger partial charge < -0.3 is 10.2 Å². The maximum absolute atomic E-state index is 12.2. The minimum Gasteiger partial charge on any atom is -0.354 e. The zero-order chi connectivity index (χ0) is 13.8. The molecule has 0 aromatic carbocycles. The van der Waals surface area contributed by atoms with Gasteiger partial charge in [0, 0.05) is 36.6 Å². The normalized spacial score (nSPS) is 24.0. The smallest absolute Gasteiger partial charge is 0.223 e. The lowest BCUT2D eigenvalue weighted by Crippen LogP contribution is -2.42. The van der Waals surface area contributed by atoms with Crippen molar-refractivity contribution in [3.63, 3.8) is 0 Å². The fourth-order valence-electron chi connectivity index (χ4n) is 3.39. The zero-order valence-corrected chi connectivity index (χ0v) is 12.7. The molecule has 1 saturated carbocycles. The molecule has 1 atom stereocenters. The van der Waals surface area contributed by atoms with E-state index in [2.05, 4.69) is 15.2 Å². The van der Waals surface area contributed by atoms with E-state index < -0.39 is 0 Å². The first kappa shape index (κ1) is 13.9. The summed E-state index contributed by atoms with van der Waals surface area (Å²) in [6, 6.07) is 0.425. The largest absolute Gasteiger partial charge is 0.354 e. The van der Waals surface area contributed by atoms with Gasteiger partial charge in [-0.2, -0.15) is 0 Å². The lowest BCUT2D eigenvalue weighted by atomic mass is 9.88. The van der Waals surface area contributed by atoms with Gasteiger partial charge in [0.15, 0.2) is 5.13 Å². The highest BCUT2D eigenvalue weighted by atomic mass is 32.1. The number of thiazole rings is 1. The lowest BCUT2D eigenvalue weighted by molar-refractivity contribution is -0.125. The molecule has 1 aliphatic heterocycles. The second-order valence-corrected chi connectivity index (χ2v) is 6.76. The molecule has 2 aliphatic rings. The molecule has 0 bridgehead atoms. The third-order valence-corrected chi connectivity index (χ3v) is 5.34. The molecule has 4 nitrogen and oxygen atoms in total. The van der Waals surface area contributed by atoms with Crippen LogP contribution < -0.4 is 10.2 Å². The summed E-state index contributed by atoms with van der Waals surface area (Å²) in [5.74, 6) is 0.536. The number of carbonyl (C=O) groups excluding carboxylic acids is 1. The Bertz CT molecular complexity index is 428. The van der Waals surface area contributed by atoms with Crippen molar-refractivity contribution in [3.8, 4) is 0 Å². The number of nitrogens with one attached hydrogen (secondary N) is 1. The highest BCUT2D eigenvalue weighted by molar-refractivity contribution is 7.13. The fraction of sp³-hybridized carbons (Fsp3) is 0.733. The number of amides is 1. The molecule has 0 spiro atoms. The first-order chi connectivity index (χ1) is 9.84. The van der Waals surface area contributed by atoms with Gasteiger partial charge in [0.1, 0.15) is 0 Å². The first-order valence-electron chi connectivity index (χ1n) is 7.78. The Balaban J connectivity index is 1.51. The van der Waals surface area contributed by atoms with Crippen molar-refractivity contribution >= 4 is 22.4 Å². The van der Waals surface area contributed by atoms with E-state index >= 15 is 0 Å². The van der Waals surface area contributed by atoms with Gasteiger partial charge >= 0.3 is 0 Å². The van der Waals surface area contributed by atoms with Crippen molar-refractivity contribution in [1.29, 1.82) is 0 Å². The van der Waals surface area contributed by atoms with Crippen LogP contribution in [0.15, 0.2) is 11.6 Å². The molecule has 1 amide bonds. The number of anilines is 1. The second kappa shape index (κ2) is 6.57. The van der Waals surface area contributed by atoms with Gasteiger partial charge in [-0.1, -0.05) is 19.3 Å². The minimum absolute atomic E-state index is 0.262. The minimum atomic E-state index is 0.262. The molecular formula is C15H23N3OS. The fourth-order valence-corrected chi connectivity index (χ4v) is 4.13. The molecule has 1 unspecified atom stereocenters. The molecule has 1 aromatic heterocycles. The Kier molecular flexibility index (Phi) is 4.55. The molecule has 3 rings (SSSR count). The van der Waals surface area contributed by atoms with Crippen LogP contribution in [0.25, 0.3) is 0 Å². The average molecular weight is 293 g/mol. The molecule has 1 aromatic rings. The van der Waals surface area contributed by atoms with Crippen LogP contribution in [0.2, 0.25) is 0 Å². The summed E-state index contributed by atoms with van der Waals surface area (Å²) >= 11 is 1.69. The van der Waals surface area contributed by atoms with E-state index in [1.54, 1.807) is 11.3 Å². The molecule has 1 aliphatic carbocycles. The van der Waals surface area contributed by atoms with Crippen LogP contribution in [0.1, 0.15) is 44.9 Å². The van der Waals surface area contributed by atoms with Crippen LogP contribution in [0, 0.1) is 5.92 Å². The number of rotatable bonds is 4. The van der Waals surface area contributed by atoms with E-state index in [0.29, 0.717) is 6.04 Å². The van der Waals surface area contributed by atoms with Crippen LogP contribution in [-0.4, -0.2) is 30.0 Å². The van der Waals surface area contributed by atoms with Crippen molar-refractivity contribution in [2.45, 2.75) is 51.0 Å². The summed E-state index contributed by atoms with van der Waals surface area (Å²) in [6.07, 6.45) is 10.1. The summed E-state index contributed by atoms with van der Waals surface area (Å²) < 4.78 is 0. The van der Waals surface area contributed by atoms with Gasteiger partial charge in [-0.15, -0.1) is 11.3 Å². The molecule has 1 N–H and O–H groups in total. The molecular weight excluding hydrogens is 270 g/mol. The molecule has 1 saturated heterocycles. The standard InChI is InChI=1S/C15H23N3OS/c19-14(12-5-2-1-3-6-12)17-11-13-7-4-9-18(13)15-16-8-10-20-15/h8,10,12-13H,1-7,9,11H2,(H,17,19). The first-order valence-corrected chi connectivity index (χ1v) is 8.66. The quantitative estimate of drug-likeness (QED) is 0.928. The summed E-state index contributed by atoms with van der Waals surface area (Å²) in [6.45, 7) is 1.84. The van der Waals surface area contributed by atoms with E-state index in [0.717, 1.165) is 37.5 Å². The summed E-state index contributed by atoms with van der Waals surface area (Å²) in [7, 11) is 0. The third kappa shape index (κ3) is 3.14. The number of carbonyl (C=O) groups is 1. The van der Waals surface area contributed by atoms with Gasteiger partial charge in [0.25, 0.3) is 0 Å². The summed E-state index contributed by atoms with van der Waals surface area (Å²) in [5, 5.41) is 6.30. The monoisotopic (exact) mass is 293 g/mol. The Morgan fingerprint density at radius 1 is 1.30 bits per heavy atom. The Labute approximate surface area is 124 Å². The van der Waals surface area contributed by atoms with Gasteiger partial charge in [0.05, 0.1) is 0 Å². The van der Waals surface area contributed by atoms with E-state index in [4.69, 9.17) is 0 Å². The van der Waals surface area contributed by atoms with Crippen molar-refractivity contribution in [3.05, 3.63) is 11.6 Å². The SMILES string of the molecule is O=C(NCC1CCCN1c1nccs1)C1CCCCC1. The van der Waals surface area contributed by atoms with Crippen molar-refractivity contribution in [2.24, 2.45) is 5.92 Å². The van der Waals surface area contributed by atoms with Gasteiger partial charge in [-0.3, -0.25) is 4.79 Å². The van der Waals surface area contributed by atoms with E-state index in [1.807, 2.05) is 11.6 Å². The van der Waals surface area contributed by atoms with Gasteiger partial charge in [-0.05, 0) is 25.7 Å². The summed E-state index contributed by atoms with van der Waals surface area (Å²) in [4.78, 5) is 19.0. The molecule has 20 heavy (non-hydrogen) atoms. The van der Waals surface area contributed by atoms with Crippen LogP contribution in [-0.2, 0) is 4.79 Å². The maximum Gasteiger partial charge on any atom is 0.223 e. The average Bonchev–Trinajstić information content (AvgIpc) is 3.16. The molecule has 2 fully saturated rings. The Morgan fingerprint density at radius 2 is 2.15 bits per heavy atom. The van der Waals surface area contributed by atoms with Crippen LogP contribution >= 0.6 is 11.3 Å². The Morgan fingerprint density at radius 3 is 2.90 bits per heavy atom. The molecule has 5 heteroatoms. The highest BCUT2D eigenvalue weighted by Gasteiger charge is 2.28. The van der Waals surface area contributed by atoms with E-state index in [-0.39, 0.29) is 11.8 Å². The predicted molar refractivity (Wildman–Crippen MR) is 82.1 cm³/mol. The summed E-state index contributed by atoms with van der Waals surface area (Å²) in [5.41, 5.74) is 0. The number of nitrogens with zero attached hydrogens (tertiary/aromatic N) is 2. The van der Waals surface area contributed by atoms with E-state index in [9.17, 15) is 4.79 Å². The van der Waals surface area contributed by atoms with Crippen molar-refractivity contribution in [2.75, 3.05) is 18.0 Å². The van der Waals surface area contributed by atoms with Crippen LogP contribution in [0.3, 0.4) is 0 Å². The zero-order valence-electron chi connectivity index (χ0n) is 11.9. The van der Waals surface area contributed by atoms with Gasteiger partial charge in [-0.25, -0.2) is 4.98 Å². The second-order valence-electron chi connectivity index (χ2n) is 5.88. The third-order valence-electron chi connectivity index (χ3n) is 4.53. The molecule has 2 heterocycles. The molecule has 110 valence electrons. The highest BCUT2D eigenvalue weighted by Crippen LogP contribution is 2.27.